The predicted molar refractivity (Wildman–Crippen MR) is 153 cm³/mol. The third-order valence-corrected chi connectivity index (χ3v) is 10.1. The number of likely N-dealkylation sites (N-methyl/N-ethyl adjacent to an activating group) is 1. The molecule has 1 aromatic heterocycles. The first-order chi connectivity index (χ1) is 18.5. The number of carbonyl (C=O) groups excluding carboxylic acids is 1. The Morgan fingerprint density at radius 1 is 1.03 bits per heavy atom. The highest BCUT2D eigenvalue weighted by Crippen LogP contribution is 2.38. The minimum atomic E-state index is -3.69. The number of Topliss-reactive ketones (excluding diaryl/α,β-unsaturated/α-hetero) is 1. The van der Waals surface area contributed by atoms with E-state index in [2.05, 4.69) is 28.5 Å². The second kappa shape index (κ2) is 10.2. The molecule has 0 saturated heterocycles. The van der Waals surface area contributed by atoms with Crippen molar-refractivity contribution in [3.8, 4) is 0 Å². The van der Waals surface area contributed by atoms with Crippen LogP contribution in [0.15, 0.2) is 59.5 Å². The Hall–Kier alpha value is -3.56. The van der Waals surface area contributed by atoms with Crippen LogP contribution in [0.4, 0.5) is 5.69 Å². The second-order valence-corrected chi connectivity index (χ2v) is 12.6. The van der Waals surface area contributed by atoms with Gasteiger partial charge in [-0.15, -0.1) is 5.10 Å². The van der Waals surface area contributed by atoms with Crippen molar-refractivity contribution in [1.82, 2.24) is 19.3 Å². The Morgan fingerprint density at radius 2 is 1.77 bits per heavy atom. The van der Waals surface area contributed by atoms with Gasteiger partial charge < -0.3 is 4.90 Å². The number of fused-ring (bicyclic) bond motifs is 2. The molecule has 0 spiro atoms. The molecule has 204 valence electrons. The molecule has 1 aliphatic rings. The van der Waals surface area contributed by atoms with E-state index in [4.69, 9.17) is 0 Å². The number of aromatic nitrogens is 3. The molecule has 0 bridgehead atoms. The molecule has 3 aromatic carbocycles. The van der Waals surface area contributed by atoms with Gasteiger partial charge in [-0.3, -0.25) is 4.79 Å². The van der Waals surface area contributed by atoms with Crippen LogP contribution in [-0.2, 0) is 28.4 Å². The van der Waals surface area contributed by atoms with Gasteiger partial charge in [-0.1, -0.05) is 48.5 Å². The highest BCUT2D eigenvalue weighted by Gasteiger charge is 2.32. The van der Waals surface area contributed by atoms with Crippen LogP contribution in [0.3, 0.4) is 0 Å². The molecule has 5 rings (SSSR count). The zero-order valence-electron chi connectivity index (χ0n) is 23.3. The number of nitrogens with zero attached hydrogens (tertiary/aromatic N) is 5. The minimum absolute atomic E-state index is 0.0931. The smallest absolute Gasteiger partial charge is 0.245 e. The van der Waals surface area contributed by atoms with Gasteiger partial charge in [0.1, 0.15) is 16.2 Å². The summed E-state index contributed by atoms with van der Waals surface area (Å²) in [7, 11) is 0.0979. The van der Waals surface area contributed by atoms with Gasteiger partial charge in [0.05, 0.1) is 11.2 Å². The van der Waals surface area contributed by atoms with E-state index in [1.165, 1.54) is 0 Å². The van der Waals surface area contributed by atoms with Crippen molar-refractivity contribution in [2.75, 3.05) is 25.0 Å². The maximum Gasteiger partial charge on any atom is 0.245 e. The summed E-state index contributed by atoms with van der Waals surface area (Å²) in [6.07, 6.45) is 0. The predicted octanol–water partition coefficient (Wildman–Crippen LogP) is 4.58. The zero-order chi connectivity index (χ0) is 28.1. The van der Waals surface area contributed by atoms with E-state index < -0.39 is 10.0 Å². The zero-order valence-corrected chi connectivity index (χ0v) is 24.2. The molecule has 0 saturated carbocycles. The number of benzene rings is 3. The number of rotatable bonds is 6. The first-order valence-corrected chi connectivity index (χ1v) is 14.6. The maximum absolute atomic E-state index is 13.7. The molecular formula is C30H35N5O3S. The summed E-state index contributed by atoms with van der Waals surface area (Å²) in [4.78, 5) is 15.0. The summed E-state index contributed by atoms with van der Waals surface area (Å²) in [6, 6.07) is 17.4. The third-order valence-electron chi connectivity index (χ3n) is 8.21. The van der Waals surface area contributed by atoms with Crippen molar-refractivity contribution >= 4 is 32.5 Å². The van der Waals surface area contributed by atoms with Crippen LogP contribution in [0.5, 0.6) is 0 Å². The standard InChI is InChI=1S/C30H35N5O3S/c1-19-11-12-23(29(20(2)22(4)36)25-13-14-27-30(21(25)3)31-32-34(27)6)17-24(19)18-35-16-15-33(5)26-9-7-8-10-28(26)39(35,37)38/h7-14,17,20,29H,15-16,18H2,1-6H3. The largest absolute Gasteiger partial charge is 0.372 e. The van der Waals surface area contributed by atoms with E-state index in [-0.39, 0.29) is 24.2 Å². The van der Waals surface area contributed by atoms with Gasteiger partial charge in [0.25, 0.3) is 0 Å². The van der Waals surface area contributed by atoms with E-state index in [1.54, 1.807) is 28.0 Å². The summed E-state index contributed by atoms with van der Waals surface area (Å²) in [5.41, 5.74) is 7.42. The molecule has 1 aliphatic heterocycles. The Morgan fingerprint density at radius 3 is 2.51 bits per heavy atom. The molecule has 0 N–H and O–H groups in total. The fourth-order valence-corrected chi connectivity index (χ4v) is 7.25. The van der Waals surface area contributed by atoms with Gasteiger partial charge in [-0.05, 0) is 66.8 Å². The van der Waals surface area contributed by atoms with Crippen molar-refractivity contribution in [2.24, 2.45) is 13.0 Å². The molecule has 0 amide bonds. The quantitative estimate of drug-likeness (QED) is 0.352. The molecular weight excluding hydrogens is 510 g/mol. The van der Waals surface area contributed by atoms with Gasteiger partial charge in [0.2, 0.25) is 10.0 Å². The minimum Gasteiger partial charge on any atom is -0.372 e. The van der Waals surface area contributed by atoms with Crippen molar-refractivity contribution in [3.05, 3.63) is 82.4 Å². The van der Waals surface area contributed by atoms with Gasteiger partial charge in [0.15, 0.2) is 0 Å². The van der Waals surface area contributed by atoms with Crippen molar-refractivity contribution < 1.29 is 13.2 Å². The van der Waals surface area contributed by atoms with Crippen LogP contribution < -0.4 is 4.90 Å². The summed E-state index contributed by atoms with van der Waals surface area (Å²) in [6.45, 7) is 8.85. The molecule has 0 fully saturated rings. The normalized spacial score (nSPS) is 17.0. The summed E-state index contributed by atoms with van der Waals surface area (Å²) >= 11 is 0. The average molecular weight is 546 g/mol. The third kappa shape index (κ3) is 4.74. The molecule has 0 aliphatic carbocycles. The van der Waals surface area contributed by atoms with Crippen LogP contribution in [0, 0.1) is 19.8 Å². The molecule has 8 nitrogen and oxygen atoms in total. The lowest BCUT2D eigenvalue weighted by molar-refractivity contribution is -0.120. The van der Waals surface area contributed by atoms with Gasteiger partial charge >= 0.3 is 0 Å². The summed E-state index contributed by atoms with van der Waals surface area (Å²) in [5.74, 6) is -0.396. The Bertz CT molecular complexity index is 1680. The molecule has 2 unspecified atom stereocenters. The van der Waals surface area contributed by atoms with E-state index in [0.29, 0.717) is 18.0 Å². The lowest BCUT2D eigenvalue weighted by Gasteiger charge is -2.27. The number of para-hydroxylation sites is 1. The molecule has 2 atom stereocenters. The first-order valence-electron chi connectivity index (χ1n) is 13.2. The molecule has 9 heteroatoms. The number of carbonyl (C=O) groups is 1. The first kappa shape index (κ1) is 27.0. The van der Waals surface area contributed by atoms with E-state index in [0.717, 1.165) is 44.5 Å². The Labute approximate surface area is 230 Å². The van der Waals surface area contributed by atoms with Crippen LogP contribution in [0.25, 0.3) is 11.0 Å². The number of hydrogen-bond donors (Lipinski definition) is 0. The second-order valence-electron chi connectivity index (χ2n) is 10.7. The fourth-order valence-electron chi connectivity index (χ4n) is 5.60. The number of aryl methyl sites for hydroxylation is 3. The molecule has 4 aromatic rings. The topological polar surface area (TPSA) is 88.4 Å². The number of anilines is 1. The number of sulfonamides is 1. The Kier molecular flexibility index (Phi) is 7.07. The highest BCUT2D eigenvalue weighted by molar-refractivity contribution is 7.89. The lowest BCUT2D eigenvalue weighted by atomic mass is 9.77. The van der Waals surface area contributed by atoms with Crippen LogP contribution in [0.1, 0.15) is 47.6 Å². The van der Waals surface area contributed by atoms with Crippen molar-refractivity contribution in [1.29, 1.82) is 0 Å². The van der Waals surface area contributed by atoms with E-state index in [9.17, 15) is 13.2 Å². The Balaban J connectivity index is 1.58. The highest BCUT2D eigenvalue weighted by atomic mass is 32.2. The van der Waals surface area contributed by atoms with E-state index in [1.807, 2.05) is 64.0 Å². The average Bonchev–Trinajstić information content (AvgIpc) is 3.26. The van der Waals surface area contributed by atoms with E-state index >= 15 is 0 Å². The molecule has 0 radical (unpaired) electrons. The number of hydrogen-bond acceptors (Lipinski definition) is 6. The fraction of sp³-hybridized carbons (Fsp3) is 0.367. The van der Waals surface area contributed by atoms with Gasteiger partial charge in [-0.25, -0.2) is 13.1 Å². The molecule has 39 heavy (non-hydrogen) atoms. The van der Waals surface area contributed by atoms with Crippen molar-refractivity contribution in [2.45, 2.75) is 45.1 Å². The van der Waals surface area contributed by atoms with Crippen molar-refractivity contribution in [3.63, 3.8) is 0 Å². The van der Waals surface area contributed by atoms with Crippen LogP contribution in [-0.4, -0.2) is 53.6 Å². The molecule has 2 heterocycles. The van der Waals surface area contributed by atoms with Crippen LogP contribution >= 0.6 is 0 Å². The summed E-state index contributed by atoms with van der Waals surface area (Å²) < 4.78 is 30.8. The monoisotopic (exact) mass is 545 g/mol. The lowest BCUT2D eigenvalue weighted by Crippen LogP contribution is -2.33. The number of ketones is 1. The SMILES string of the molecule is CC(=O)C(C)C(c1ccc(C)c(CN2CCN(C)c3ccccc3S2(=O)=O)c1)c1ccc2c(nnn2C)c1C. The van der Waals surface area contributed by atoms with Crippen LogP contribution in [0.2, 0.25) is 0 Å². The maximum atomic E-state index is 13.7. The van der Waals surface area contributed by atoms with Gasteiger partial charge in [-0.2, -0.15) is 4.31 Å². The summed E-state index contributed by atoms with van der Waals surface area (Å²) in [5, 5.41) is 8.54. The van der Waals surface area contributed by atoms with Gasteiger partial charge in [0, 0.05) is 45.6 Å².